The Bertz CT molecular complexity index is 157. The minimum atomic E-state index is -0.519. The molecule has 0 aromatic rings. The Kier molecular flexibility index (Phi) is 4.45. The molecule has 0 aliphatic heterocycles. The summed E-state index contributed by atoms with van der Waals surface area (Å²) < 4.78 is 0. The molecule has 0 spiro atoms. The van der Waals surface area contributed by atoms with Crippen LogP contribution in [0, 0.1) is 0 Å². The number of carbonyl (C=O) groups is 2. The molecule has 0 rings (SSSR count). The average molecular weight is 158 g/mol. The highest BCUT2D eigenvalue weighted by atomic mass is 16.2. The molecule has 0 aliphatic rings. The number of Topliss-reactive ketones (excluding diaryl/α,β-unsaturated/α-hetero) is 1. The van der Waals surface area contributed by atoms with Gasteiger partial charge in [0.05, 0.1) is 6.04 Å². The van der Waals surface area contributed by atoms with E-state index in [0.717, 1.165) is 0 Å². The summed E-state index contributed by atoms with van der Waals surface area (Å²) in [5.74, 6) is -0.941. The van der Waals surface area contributed by atoms with Crippen molar-refractivity contribution in [2.24, 2.45) is 0 Å². The molecule has 11 heavy (non-hydrogen) atoms. The molecule has 0 saturated heterocycles. The fraction of sp³-hybridized carbons (Fsp3) is 0.714. The van der Waals surface area contributed by atoms with Crippen molar-refractivity contribution in [3.05, 3.63) is 0 Å². The standard InChI is InChI=1S/C7H14N2O2/c1-4-9-7(11)6(10)5(2)8-3/h5,8H,4H2,1-3H3,(H,9,11). The van der Waals surface area contributed by atoms with Gasteiger partial charge in [0, 0.05) is 6.54 Å². The Morgan fingerprint density at radius 3 is 2.36 bits per heavy atom. The molecular formula is C7H14N2O2. The summed E-state index contributed by atoms with van der Waals surface area (Å²) in [6.45, 7) is 3.91. The molecule has 0 saturated carbocycles. The number of carbonyl (C=O) groups excluding carboxylic acids is 2. The Morgan fingerprint density at radius 1 is 1.45 bits per heavy atom. The van der Waals surface area contributed by atoms with Crippen LogP contribution in [0.1, 0.15) is 13.8 Å². The molecule has 1 amide bonds. The van der Waals surface area contributed by atoms with Crippen LogP contribution in [0.4, 0.5) is 0 Å². The van der Waals surface area contributed by atoms with Crippen LogP contribution in [0.5, 0.6) is 0 Å². The zero-order valence-corrected chi connectivity index (χ0v) is 7.10. The van der Waals surface area contributed by atoms with Crippen molar-refractivity contribution >= 4 is 11.7 Å². The zero-order chi connectivity index (χ0) is 8.85. The maximum absolute atomic E-state index is 11.0. The van der Waals surface area contributed by atoms with Gasteiger partial charge in [-0.1, -0.05) is 0 Å². The predicted octanol–water partition coefficient (Wildman–Crippen LogP) is -0.700. The van der Waals surface area contributed by atoms with E-state index < -0.39 is 17.7 Å². The first-order valence-corrected chi connectivity index (χ1v) is 3.62. The van der Waals surface area contributed by atoms with Gasteiger partial charge >= 0.3 is 0 Å². The molecule has 64 valence electrons. The molecule has 4 nitrogen and oxygen atoms in total. The SMILES string of the molecule is CCNC(=O)C(=O)C(C)NC. The molecular weight excluding hydrogens is 144 g/mol. The second-order valence-electron chi connectivity index (χ2n) is 2.23. The summed E-state index contributed by atoms with van der Waals surface area (Å²) in [6.07, 6.45) is 0. The average Bonchev–Trinajstić information content (AvgIpc) is 2.02. The maximum Gasteiger partial charge on any atom is 0.289 e. The quantitative estimate of drug-likeness (QED) is 0.532. The first-order valence-electron chi connectivity index (χ1n) is 3.62. The second kappa shape index (κ2) is 4.85. The maximum atomic E-state index is 11.0. The first-order chi connectivity index (χ1) is 5.13. The summed E-state index contributed by atoms with van der Waals surface area (Å²) >= 11 is 0. The van der Waals surface area contributed by atoms with Crippen LogP contribution in [0.25, 0.3) is 0 Å². The highest BCUT2D eigenvalue weighted by molar-refractivity contribution is 6.38. The highest BCUT2D eigenvalue weighted by Crippen LogP contribution is 1.82. The van der Waals surface area contributed by atoms with Gasteiger partial charge < -0.3 is 10.6 Å². The monoisotopic (exact) mass is 158 g/mol. The van der Waals surface area contributed by atoms with Gasteiger partial charge in [-0.15, -0.1) is 0 Å². The van der Waals surface area contributed by atoms with Crippen LogP contribution < -0.4 is 10.6 Å². The fourth-order valence-electron chi connectivity index (χ4n) is 0.575. The number of hydrogen-bond acceptors (Lipinski definition) is 3. The van der Waals surface area contributed by atoms with E-state index in [1.165, 1.54) is 0 Å². The van der Waals surface area contributed by atoms with Crippen molar-refractivity contribution in [3.63, 3.8) is 0 Å². The normalized spacial score (nSPS) is 12.3. The number of ketones is 1. The number of nitrogens with one attached hydrogen (secondary N) is 2. The van der Waals surface area contributed by atoms with Crippen molar-refractivity contribution in [1.82, 2.24) is 10.6 Å². The highest BCUT2D eigenvalue weighted by Gasteiger charge is 2.18. The van der Waals surface area contributed by atoms with Gasteiger partial charge in [0.25, 0.3) is 5.91 Å². The van der Waals surface area contributed by atoms with Gasteiger partial charge in [-0.3, -0.25) is 9.59 Å². The summed E-state index contributed by atoms with van der Waals surface area (Å²) in [6, 6.07) is -0.401. The molecule has 0 heterocycles. The smallest absolute Gasteiger partial charge is 0.289 e. The Labute approximate surface area is 66.4 Å². The van der Waals surface area contributed by atoms with Crippen LogP contribution in [0.2, 0.25) is 0 Å². The number of hydrogen-bond donors (Lipinski definition) is 2. The van der Waals surface area contributed by atoms with Crippen LogP contribution in [0.15, 0.2) is 0 Å². The van der Waals surface area contributed by atoms with Crippen molar-refractivity contribution < 1.29 is 9.59 Å². The summed E-state index contributed by atoms with van der Waals surface area (Å²) in [5, 5.41) is 5.13. The molecule has 0 aliphatic carbocycles. The van der Waals surface area contributed by atoms with E-state index in [-0.39, 0.29) is 0 Å². The molecule has 0 aromatic carbocycles. The third-order valence-corrected chi connectivity index (χ3v) is 1.39. The molecule has 0 bridgehead atoms. The zero-order valence-electron chi connectivity index (χ0n) is 7.10. The predicted molar refractivity (Wildman–Crippen MR) is 42.2 cm³/mol. The minimum absolute atomic E-state index is 0.401. The fourth-order valence-corrected chi connectivity index (χ4v) is 0.575. The van der Waals surface area contributed by atoms with Crippen LogP contribution in [-0.4, -0.2) is 31.3 Å². The Hall–Kier alpha value is -0.900. The summed E-state index contributed by atoms with van der Waals surface area (Å²) in [5.41, 5.74) is 0. The van der Waals surface area contributed by atoms with Gasteiger partial charge in [-0.2, -0.15) is 0 Å². The van der Waals surface area contributed by atoms with E-state index in [0.29, 0.717) is 6.54 Å². The summed E-state index contributed by atoms with van der Waals surface area (Å²) in [4.78, 5) is 21.8. The van der Waals surface area contributed by atoms with E-state index in [2.05, 4.69) is 10.6 Å². The minimum Gasteiger partial charge on any atom is -0.350 e. The molecule has 0 fully saturated rings. The van der Waals surface area contributed by atoms with Crippen LogP contribution in [-0.2, 0) is 9.59 Å². The van der Waals surface area contributed by atoms with Crippen molar-refractivity contribution in [3.8, 4) is 0 Å². The van der Waals surface area contributed by atoms with E-state index in [9.17, 15) is 9.59 Å². The van der Waals surface area contributed by atoms with Crippen molar-refractivity contribution in [2.45, 2.75) is 19.9 Å². The van der Waals surface area contributed by atoms with Gasteiger partial charge in [0.1, 0.15) is 0 Å². The number of likely N-dealkylation sites (N-methyl/N-ethyl adjacent to an activating group) is 2. The molecule has 4 heteroatoms. The molecule has 0 radical (unpaired) electrons. The van der Waals surface area contributed by atoms with Crippen molar-refractivity contribution in [2.75, 3.05) is 13.6 Å². The lowest BCUT2D eigenvalue weighted by Gasteiger charge is -2.07. The first kappa shape index (κ1) is 10.1. The van der Waals surface area contributed by atoms with E-state index in [4.69, 9.17) is 0 Å². The topological polar surface area (TPSA) is 58.2 Å². The van der Waals surface area contributed by atoms with Gasteiger partial charge in [-0.05, 0) is 20.9 Å². The largest absolute Gasteiger partial charge is 0.350 e. The number of rotatable bonds is 4. The second-order valence-corrected chi connectivity index (χ2v) is 2.23. The van der Waals surface area contributed by atoms with Crippen molar-refractivity contribution in [1.29, 1.82) is 0 Å². The van der Waals surface area contributed by atoms with E-state index in [1.54, 1.807) is 20.9 Å². The Balaban J connectivity index is 3.92. The molecule has 2 N–H and O–H groups in total. The molecule has 1 atom stereocenters. The van der Waals surface area contributed by atoms with Gasteiger partial charge in [0.15, 0.2) is 0 Å². The summed E-state index contributed by atoms with van der Waals surface area (Å²) in [7, 11) is 1.64. The van der Waals surface area contributed by atoms with E-state index >= 15 is 0 Å². The van der Waals surface area contributed by atoms with Gasteiger partial charge in [0.2, 0.25) is 5.78 Å². The van der Waals surface area contributed by atoms with Crippen LogP contribution >= 0.6 is 0 Å². The third-order valence-electron chi connectivity index (χ3n) is 1.39. The lowest BCUT2D eigenvalue weighted by atomic mass is 10.2. The molecule has 0 aromatic heterocycles. The lowest BCUT2D eigenvalue weighted by molar-refractivity contribution is -0.138. The third kappa shape index (κ3) is 3.13. The van der Waals surface area contributed by atoms with E-state index in [1.807, 2.05) is 0 Å². The van der Waals surface area contributed by atoms with Gasteiger partial charge in [-0.25, -0.2) is 0 Å². The Morgan fingerprint density at radius 2 is 2.00 bits per heavy atom. The number of amides is 1. The molecule has 1 unspecified atom stereocenters. The lowest BCUT2D eigenvalue weighted by Crippen LogP contribution is -2.42. The van der Waals surface area contributed by atoms with Crippen LogP contribution in [0.3, 0.4) is 0 Å².